The van der Waals surface area contributed by atoms with Gasteiger partial charge in [-0.15, -0.1) is 33.2 Å². The third-order valence-corrected chi connectivity index (χ3v) is 3.31. The minimum atomic E-state index is -2.30. The van der Waals surface area contributed by atoms with Gasteiger partial charge in [-0.05, 0) is 12.0 Å². The van der Waals surface area contributed by atoms with E-state index < -0.39 is 6.00 Å². The van der Waals surface area contributed by atoms with Crippen molar-refractivity contribution in [3.8, 4) is 0 Å². The molecule has 0 nitrogen and oxygen atoms in total. The highest BCUT2D eigenvalue weighted by Gasteiger charge is 2.25. The van der Waals surface area contributed by atoms with Gasteiger partial charge in [-0.3, -0.25) is 0 Å². The zero-order valence-corrected chi connectivity index (χ0v) is 8.19. The monoisotopic (exact) mass is 190 g/mol. The summed E-state index contributed by atoms with van der Waals surface area (Å²) in [5, 5.41) is 0. The Balaban J connectivity index is 3.39. The maximum absolute atomic E-state index is 5.60. The number of rotatable bonds is 2. The van der Waals surface area contributed by atoms with Crippen LogP contribution in [0, 0.1) is 5.92 Å². The second kappa shape index (κ2) is 3.30. The molecule has 0 unspecified atom stereocenters. The highest BCUT2D eigenvalue weighted by molar-refractivity contribution is 7.64. The van der Waals surface area contributed by atoms with Crippen LogP contribution in [-0.4, -0.2) is 6.00 Å². The fraction of sp³-hybridized carbons (Fsp3) is 1.00. The Hall–Kier alpha value is 1.09. The predicted octanol–water partition coefficient (Wildman–Crippen LogP) is 3.30. The molecule has 0 aromatic carbocycles. The molecule has 0 aromatic rings. The van der Waals surface area contributed by atoms with Gasteiger partial charge in [0.05, 0.1) is 0 Å². The molecule has 50 valence electrons. The summed E-state index contributed by atoms with van der Waals surface area (Å²) in [6.07, 6.45) is 0. The molecule has 0 bridgehead atoms. The summed E-state index contributed by atoms with van der Waals surface area (Å²) in [4.78, 5) is 0. The average molecular weight is 192 g/mol. The van der Waals surface area contributed by atoms with Crippen LogP contribution in [-0.2, 0) is 0 Å². The lowest BCUT2D eigenvalue weighted by Gasteiger charge is -2.08. The molecule has 8 heavy (non-hydrogen) atoms. The lowest BCUT2D eigenvalue weighted by Crippen LogP contribution is -2.11. The fourth-order valence-electron chi connectivity index (χ4n) is 0.463. The lowest BCUT2D eigenvalue weighted by atomic mass is 10.3. The van der Waals surface area contributed by atoms with Gasteiger partial charge in [-0.25, -0.2) is 0 Å². The van der Waals surface area contributed by atoms with E-state index >= 15 is 0 Å². The van der Waals surface area contributed by atoms with Crippen molar-refractivity contribution in [2.75, 3.05) is 0 Å². The second-order valence-corrected chi connectivity index (χ2v) is 11.4. The summed E-state index contributed by atoms with van der Waals surface area (Å²) in [5.74, 6) is 0.508. The lowest BCUT2D eigenvalue weighted by molar-refractivity contribution is 0.731. The van der Waals surface area contributed by atoms with Crippen molar-refractivity contribution in [1.29, 1.82) is 0 Å². The average Bonchev–Trinajstić information content (AvgIpc) is 1.21. The first-order valence-corrected chi connectivity index (χ1v) is 7.73. The van der Waals surface area contributed by atoms with Crippen LogP contribution in [0.1, 0.15) is 13.8 Å². The van der Waals surface area contributed by atoms with E-state index in [1.165, 1.54) is 0 Å². The first-order valence-electron chi connectivity index (χ1n) is 2.48. The van der Waals surface area contributed by atoms with Crippen molar-refractivity contribution >= 4 is 39.2 Å². The van der Waals surface area contributed by atoms with Crippen LogP contribution >= 0.6 is 33.2 Å². The quantitative estimate of drug-likeness (QED) is 0.464. The van der Waals surface area contributed by atoms with Crippen LogP contribution in [0.5, 0.6) is 0 Å². The third-order valence-electron chi connectivity index (χ3n) is 0.640. The SMILES string of the molecule is CC(C)C[Si](Cl)(Cl)Cl. The molecule has 0 aliphatic heterocycles. The Morgan fingerprint density at radius 2 is 1.62 bits per heavy atom. The topological polar surface area (TPSA) is 0 Å². The number of halogens is 3. The Bertz CT molecular complexity index is 66.2. The van der Waals surface area contributed by atoms with Gasteiger partial charge in [0.2, 0.25) is 0 Å². The summed E-state index contributed by atoms with van der Waals surface area (Å²) in [6.45, 7) is 4.10. The Kier molecular flexibility index (Phi) is 3.75. The molecule has 0 atom stereocenters. The van der Waals surface area contributed by atoms with Crippen molar-refractivity contribution in [3.63, 3.8) is 0 Å². The van der Waals surface area contributed by atoms with Gasteiger partial charge in [0, 0.05) is 0 Å². The van der Waals surface area contributed by atoms with Crippen molar-refractivity contribution < 1.29 is 0 Å². The molecule has 0 aliphatic carbocycles. The minimum Gasteiger partial charge on any atom is -0.126 e. The molecule has 0 aliphatic rings. The minimum absolute atomic E-state index is 0.508. The van der Waals surface area contributed by atoms with Gasteiger partial charge in [-0.2, -0.15) is 0 Å². The predicted molar refractivity (Wildman–Crippen MR) is 43.0 cm³/mol. The van der Waals surface area contributed by atoms with Gasteiger partial charge in [0.15, 0.2) is 0 Å². The summed E-state index contributed by atoms with van der Waals surface area (Å²) >= 11 is 16.8. The van der Waals surface area contributed by atoms with Gasteiger partial charge in [-0.1, -0.05) is 13.8 Å². The van der Waals surface area contributed by atoms with Crippen LogP contribution in [0.2, 0.25) is 6.04 Å². The molecular formula is C4H9Cl3Si. The second-order valence-electron chi connectivity index (χ2n) is 2.21. The highest BCUT2D eigenvalue weighted by atomic mass is 35.8. The Labute approximate surface area is 65.2 Å². The molecule has 0 heterocycles. The molecule has 0 amide bonds. The van der Waals surface area contributed by atoms with Gasteiger partial charge < -0.3 is 0 Å². The van der Waals surface area contributed by atoms with E-state index in [0.717, 1.165) is 6.04 Å². The van der Waals surface area contributed by atoms with E-state index in [1.54, 1.807) is 0 Å². The zero-order chi connectivity index (χ0) is 6.78. The molecule has 0 aromatic heterocycles. The standard InChI is InChI=1S/C4H9Cl3Si/c1-4(2)3-8(5,6)7/h4H,3H2,1-2H3. The zero-order valence-electron chi connectivity index (χ0n) is 4.92. The first kappa shape index (κ1) is 9.09. The Morgan fingerprint density at radius 1 is 1.25 bits per heavy atom. The molecular weight excluding hydrogens is 182 g/mol. The first-order chi connectivity index (χ1) is 3.42. The van der Waals surface area contributed by atoms with Gasteiger partial charge in [0.1, 0.15) is 0 Å². The maximum atomic E-state index is 5.60. The van der Waals surface area contributed by atoms with Crippen LogP contribution in [0.3, 0.4) is 0 Å². The van der Waals surface area contributed by atoms with E-state index in [-0.39, 0.29) is 0 Å². The molecule has 0 rings (SSSR count). The smallest absolute Gasteiger partial charge is 0.126 e. The van der Waals surface area contributed by atoms with Crippen LogP contribution in [0.25, 0.3) is 0 Å². The van der Waals surface area contributed by atoms with Crippen LogP contribution < -0.4 is 0 Å². The molecule has 0 fully saturated rings. The normalized spacial score (nSPS) is 12.8. The van der Waals surface area contributed by atoms with Crippen molar-refractivity contribution in [2.45, 2.75) is 19.9 Å². The largest absolute Gasteiger partial charge is 0.341 e. The van der Waals surface area contributed by atoms with E-state index in [9.17, 15) is 0 Å². The molecule has 0 saturated carbocycles. The van der Waals surface area contributed by atoms with Crippen molar-refractivity contribution in [3.05, 3.63) is 0 Å². The number of hydrogen-bond acceptors (Lipinski definition) is 0. The Morgan fingerprint density at radius 3 is 1.62 bits per heavy atom. The third kappa shape index (κ3) is 7.09. The maximum Gasteiger partial charge on any atom is 0.341 e. The molecule has 4 heteroatoms. The fourth-order valence-corrected chi connectivity index (χ4v) is 4.17. The van der Waals surface area contributed by atoms with Crippen LogP contribution in [0.4, 0.5) is 0 Å². The summed E-state index contributed by atoms with van der Waals surface area (Å²) in [7, 11) is 0. The molecule has 0 N–H and O–H groups in total. The molecule has 0 radical (unpaired) electrons. The van der Waals surface area contributed by atoms with Crippen molar-refractivity contribution in [2.24, 2.45) is 5.92 Å². The van der Waals surface area contributed by atoms with E-state index in [0.29, 0.717) is 5.92 Å². The molecule has 0 spiro atoms. The summed E-state index contributed by atoms with van der Waals surface area (Å²) in [6, 6.07) is -1.54. The van der Waals surface area contributed by atoms with Gasteiger partial charge in [0.25, 0.3) is 0 Å². The summed E-state index contributed by atoms with van der Waals surface area (Å²) in [5.41, 5.74) is 0. The molecule has 0 saturated heterocycles. The van der Waals surface area contributed by atoms with Crippen molar-refractivity contribution in [1.82, 2.24) is 0 Å². The number of hydrogen-bond donors (Lipinski definition) is 0. The van der Waals surface area contributed by atoms with Gasteiger partial charge >= 0.3 is 6.00 Å². The van der Waals surface area contributed by atoms with E-state index in [1.807, 2.05) is 0 Å². The van der Waals surface area contributed by atoms with E-state index in [4.69, 9.17) is 33.2 Å². The summed E-state index contributed by atoms with van der Waals surface area (Å²) < 4.78 is 0. The van der Waals surface area contributed by atoms with Crippen LogP contribution in [0.15, 0.2) is 0 Å². The highest BCUT2D eigenvalue weighted by Crippen LogP contribution is 2.28. The van der Waals surface area contributed by atoms with E-state index in [2.05, 4.69) is 13.8 Å².